The van der Waals surface area contributed by atoms with Gasteiger partial charge in [-0.25, -0.2) is 13.8 Å². The Balaban J connectivity index is 2.15. The van der Waals surface area contributed by atoms with Crippen molar-refractivity contribution in [1.82, 2.24) is 14.7 Å². The molecule has 0 saturated heterocycles. The fraction of sp³-hybridized carbons (Fsp3) is 0.278. The van der Waals surface area contributed by atoms with Gasteiger partial charge in [0.2, 0.25) is 0 Å². The van der Waals surface area contributed by atoms with E-state index < -0.39 is 62.7 Å². The largest absolute Gasteiger partial charge is 0.427 e. The molecule has 0 aliphatic carbocycles. The lowest BCUT2D eigenvalue weighted by Crippen LogP contribution is -2.29. The highest BCUT2D eigenvalue weighted by Crippen LogP contribution is 2.37. The first-order valence-corrected chi connectivity index (χ1v) is 9.41. The van der Waals surface area contributed by atoms with Crippen molar-refractivity contribution in [2.24, 2.45) is 0 Å². The SMILES string of the molecule is CCNC(=O)c1c(C(F)(F)F)sc2nc(Cc3cccc(C(F)(F)F)c3F)cc(=O)n12. The number of carbonyl (C=O) groups excluding carboxylic acids is 1. The van der Waals surface area contributed by atoms with Gasteiger partial charge < -0.3 is 5.32 Å². The number of amides is 1. The normalized spacial score (nSPS) is 12.4. The molecule has 2 heterocycles. The van der Waals surface area contributed by atoms with Crippen LogP contribution in [0.4, 0.5) is 30.7 Å². The van der Waals surface area contributed by atoms with Crippen LogP contribution >= 0.6 is 11.3 Å². The number of halogens is 7. The van der Waals surface area contributed by atoms with E-state index in [4.69, 9.17) is 0 Å². The van der Waals surface area contributed by atoms with E-state index in [0.717, 1.165) is 18.2 Å². The Kier molecular flexibility index (Phi) is 5.82. The van der Waals surface area contributed by atoms with Crippen molar-refractivity contribution >= 4 is 22.2 Å². The van der Waals surface area contributed by atoms with Gasteiger partial charge in [-0.05, 0) is 18.6 Å². The molecule has 3 rings (SSSR count). The summed E-state index contributed by atoms with van der Waals surface area (Å²) in [6.45, 7) is 1.48. The highest BCUT2D eigenvalue weighted by molar-refractivity contribution is 7.17. The fourth-order valence-electron chi connectivity index (χ4n) is 2.88. The smallest absolute Gasteiger partial charge is 0.351 e. The minimum Gasteiger partial charge on any atom is -0.351 e. The summed E-state index contributed by atoms with van der Waals surface area (Å²) in [5, 5.41) is 2.19. The topological polar surface area (TPSA) is 63.5 Å². The van der Waals surface area contributed by atoms with E-state index in [9.17, 15) is 40.3 Å². The average Bonchev–Trinajstić information content (AvgIpc) is 3.03. The lowest BCUT2D eigenvalue weighted by atomic mass is 10.0. The molecular weight excluding hydrogens is 455 g/mol. The third kappa shape index (κ3) is 4.40. The number of thiazole rings is 1. The maximum absolute atomic E-state index is 14.3. The number of rotatable bonds is 4. The van der Waals surface area contributed by atoms with Crippen LogP contribution in [0, 0.1) is 5.82 Å². The summed E-state index contributed by atoms with van der Waals surface area (Å²) in [4.78, 5) is 26.6. The molecule has 0 bridgehead atoms. The third-order valence-electron chi connectivity index (χ3n) is 4.14. The van der Waals surface area contributed by atoms with Crippen molar-refractivity contribution in [3.63, 3.8) is 0 Å². The number of nitrogens with one attached hydrogen (secondary N) is 1. The summed E-state index contributed by atoms with van der Waals surface area (Å²) in [5.74, 6) is -2.70. The van der Waals surface area contributed by atoms with Crippen molar-refractivity contribution in [2.45, 2.75) is 25.7 Å². The van der Waals surface area contributed by atoms with Crippen LogP contribution in [0.2, 0.25) is 0 Å². The van der Waals surface area contributed by atoms with Gasteiger partial charge in [0.25, 0.3) is 11.5 Å². The first-order valence-electron chi connectivity index (χ1n) is 8.60. The Morgan fingerprint density at radius 3 is 2.42 bits per heavy atom. The van der Waals surface area contributed by atoms with Crippen LogP contribution in [0.15, 0.2) is 29.1 Å². The van der Waals surface area contributed by atoms with Gasteiger partial charge in [0.1, 0.15) is 16.4 Å². The van der Waals surface area contributed by atoms with Gasteiger partial charge in [-0.15, -0.1) is 0 Å². The van der Waals surface area contributed by atoms with E-state index in [1.165, 1.54) is 6.92 Å². The van der Waals surface area contributed by atoms with Crippen molar-refractivity contribution in [1.29, 1.82) is 0 Å². The van der Waals surface area contributed by atoms with E-state index in [0.29, 0.717) is 10.5 Å². The van der Waals surface area contributed by atoms with Gasteiger partial charge in [-0.3, -0.25) is 9.59 Å². The van der Waals surface area contributed by atoms with Gasteiger partial charge in [0.05, 0.1) is 11.3 Å². The van der Waals surface area contributed by atoms with E-state index in [2.05, 4.69) is 10.3 Å². The summed E-state index contributed by atoms with van der Waals surface area (Å²) in [6, 6.07) is 3.30. The minimum atomic E-state index is -4.96. The molecule has 0 aliphatic heterocycles. The van der Waals surface area contributed by atoms with E-state index in [1.54, 1.807) is 0 Å². The molecule has 1 amide bonds. The van der Waals surface area contributed by atoms with Crippen molar-refractivity contribution in [3.8, 4) is 0 Å². The molecule has 0 aliphatic rings. The molecule has 13 heteroatoms. The zero-order valence-corrected chi connectivity index (χ0v) is 16.3. The maximum atomic E-state index is 14.3. The molecule has 3 aromatic rings. The molecule has 0 unspecified atom stereocenters. The molecule has 0 atom stereocenters. The molecular formula is C18H12F7N3O2S. The van der Waals surface area contributed by atoms with Gasteiger partial charge in [0.15, 0.2) is 4.96 Å². The lowest BCUT2D eigenvalue weighted by Gasteiger charge is -2.11. The summed E-state index contributed by atoms with van der Waals surface area (Å²) in [5.41, 5.74) is -4.20. The number of alkyl halides is 6. The highest BCUT2D eigenvalue weighted by Gasteiger charge is 2.40. The molecule has 0 radical (unpaired) electrons. The number of hydrogen-bond donors (Lipinski definition) is 1. The van der Waals surface area contributed by atoms with Crippen molar-refractivity contribution < 1.29 is 35.5 Å². The standard InChI is InChI=1S/C18H12F7N3O2S/c1-2-26-15(30)13-14(18(23,24)25)31-16-27-9(7-11(29)28(13)16)6-8-4-3-5-10(12(8)19)17(20,21)22/h3-5,7H,2,6H2,1H3,(H,26,30). The average molecular weight is 467 g/mol. The fourth-order valence-corrected chi connectivity index (χ4v) is 3.90. The second-order valence-electron chi connectivity index (χ2n) is 6.29. The van der Waals surface area contributed by atoms with Crippen LogP contribution in [0.3, 0.4) is 0 Å². The van der Waals surface area contributed by atoms with Crippen molar-refractivity contribution in [2.75, 3.05) is 6.54 Å². The predicted octanol–water partition coefficient (Wildman–Crippen LogP) is 4.27. The third-order valence-corrected chi connectivity index (χ3v) is 5.22. The van der Waals surface area contributed by atoms with E-state index in [1.807, 2.05) is 0 Å². The second kappa shape index (κ2) is 7.94. The van der Waals surface area contributed by atoms with Crippen LogP contribution in [0.1, 0.15) is 39.1 Å². The molecule has 0 saturated carbocycles. The quantitative estimate of drug-likeness (QED) is 0.583. The first-order chi connectivity index (χ1) is 14.3. The predicted molar refractivity (Wildman–Crippen MR) is 96.6 cm³/mol. The molecule has 0 fully saturated rings. The Hall–Kier alpha value is -2.96. The summed E-state index contributed by atoms with van der Waals surface area (Å²) in [6.07, 6.45) is -10.5. The minimum absolute atomic E-state index is 0.00254. The van der Waals surface area contributed by atoms with Crippen LogP contribution in [-0.2, 0) is 18.8 Å². The molecule has 0 spiro atoms. The monoisotopic (exact) mass is 467 g/mol. The summed E-state index contributed by atoms with van der Waals surface area (Å²) >= 11 is 0.0278. The summed E-state index contributed by atoms with van der Waals surface area (Å²) in [7, 11) is 0. The second-order valence-corrected chi connectivity index (χ2v) is 7.27. The number of nitrogens with zero attached hydrogens (tertiary/aromatic N) is 2. The molecule has 2 aromatic heterocycles. The maximum Gasteiger partial charge on any atom is 0.427 e. The van der Waals surface area contributed by atoms with E-state index in [-0.39, 0.29) is 23.6 Å². The Morgan fingerprint density at radius 1 is 1.16 bits per heavy atom. The number of benzene rings is 1. The molecule has 5 nitrogen and oxygen atoms in total. The van der Waals surface area contributed by atoms with Gasteiger partial charge in [-0.2, -0.15) is 26.3 Å². The highest BCUT2D eigenvalue weighted by atomic mass is 32.1. The molecule has 1 aromatic carbocycles. The Bertz CT molecular complexity index is 1210. The molecule has 31 heavy (non-hydrogen) atoms. The Morgan fingerprint density at radius 2 is 1.84 bits per heavy atom. The van der Waals surface area contributed by atoms with Crippen LogP contribution in [0.25, 0.3) is 4.96 Å². The van der Waals surface area contributed by atoms with E-state index >= 15 is 0 Å². The summed E-state index contributed by atoms with van der Waals surface area (Å²) < 4.78 is 93.6. The molecule has 1 N–H and O–H groups in total. The van der Waals surface area contributed by atoms with Crippen molar-refractivity contribution in [3.05, 3.63) is 67.8 Å². The lowest BCUT2D eigenvalue weighted by molar-refractivity contribution is -0.140. The number of fused-ring (bicyclic) bond motifs is 1. The van der Waals surface area contributed by atoms with Gasteiger partial charge >= 0.3 is 12.4 Å². The first kappa shape index (κ1) is 22.7. The number of aromatic nitrogens is 2. The van der Waals surface area contributed by atoms with Crippen LogP contribution in [0.5, 0.6) is 0 Å². The molecule has 166 valence electrons. The van der Waals surface area contributed by atoms with Gasteiger partial charge in [-0.1, -0.05) is 23.5 Å². The zero-order chi connectivity index (χ0) is 23.1. The Labute approximate surface area is 173 Å². The number of carbonyl (C=O) groups is 1. The number of hydrogen-bond acceptors (Lipinski definition) is 4. The van der Waals surface area contributed by atoms with Crippen LogP contribution < -0.4 is 10.9 Å². The van der Waals surface area contributed by atoms with Gasteiger partial charge in [0, 0.05) is 19.0 Å². The van der Waals surface area contributed by atoms with Crippen LogP contribution in [-0.4, -0.2) is 21.8 Å². The zero-order valence-electron chi connectivity index (χ0n) is 15.5.